The van der Waals surface area contributed by atoms with Gasteiger partial charge in [-0.2, -0.15) is 0 Å². The highest BCUT2D eigenvalue weighted by Gasteiger charge is 2.16. The highest BCUT2D eigenvalue weighted by molar-refractivity contribution is 9.10. The number of benzene rings is 1. The molecular weight excluding hydrogens is 292 g/mol. The average molecular weight is 311 g/mol. The Hall–Kier alpha value is -1.03. The van der Waals surface area contributed by atoms with Gasteiger partial charge in [0.25, 0.3) is 0 Å². The maximum atomic E-state index is 11.6. The van der Waals surface area contributed by atoms with Crippen LogP contribution in [0.2, 0.25) is 0 Å². The molecule has 98 valence electrons. The first kappa shape index (κ1) is 13.4. The summed E-state index contributed by atoms with van der Waals surface area (Å²) in [6, 6.07) is 8.52. The highest BCUT2D eigenvalue weighted by Crippen LogP contribution is 2.17. The Morgan fingerprint density at radius 1 is 1.33 bits per heavy atom. The number of nitrogens with one attached hydrogen (secondary N) is 2. The van der Waals surface area contributed by atoms with E-state index in [2.05, 4.69) is 38.7 Å². The first-order valence-corrected chi connectivity index (χ1v) is 7.32. The van der Waals surface area contributed by atoms with E-state index in [4.69, 9.17) is 0 Å². The topological polar surface area (TPSA) is 41.1 Å². The number of hydrogen-bond acceptors (Lipinski definition) is 1. The molecule has 1 fully saturated rings. The summed E-state index contributed by atoms with van der Waals surface area (Å²) in [6.45, 7) is 0.676. The monoisotopic (exact) mass is 310 g/mol. The number of amides is 2. The molecule has 1 aliphatic rings. The Bertz CT molecular complexity index is 403. The molecule has 0 aromatic heterocycles. The second-order valence-corrected chi connectivity index (χ2v) is 5.68. The predicted octanol–water partition coefficient (Wildman–Crippen LogP) is 3.23. The fraction of sp³-hybridized carbons (Fsp3) is 0.500. The zero-order valence-electron chi connectivity index (χ0n) is 10.4. The van der Waals surface area contributed by atoms with Gasteiger partial charge in [0.1, 0.15) is 0 Å². The third kappa shape index (κ3) is 4.33. The van der Waals surface area contributed by atoms with Crippen LogP contribution in [0.1, 0.15) is 31.2 Å². The van der Waals surface area contributed by atoms with Crippen molar-refractivity contribution in [2.45, 2.75) is 38.1 Å². The van der Waals surface area contributed by atoms with E-state index in [9.17, 15) is 4.79 Å². The largest absolute Gasteiger partial charge is 0.338 e. The van der Waals surface area contributed by atoms with Gasteiger partial charge in [0.15, 0.2) is 0 Å². The Kier molecular flexibility index (Phi) is 5.05. The molecule has 0 spiro atoms. The molecular formula is C14H19BrN2O. The molecule has 0 unspecified atom stereocenters. The van der Waals surface area contributed by atoms with Gasteiger partial charge in [-0.25, -0.2) is 4.79 Å². The van der Waals surface area contributed by atoms with Gasteiger partial charge >= 0.3 is 6.03 Å². The molecule has 18 heavy (non-hydrogen) atoms. The van der Waals surface area contributed by atoms with Gasteiger partial charge in [-0.1, -0.05) is 40.9 Å². The van der Waals surface area contributed by atoms with E-state index >= 15 is 0 Å². The van der Waals surface area contributed by atoms with Crippen molar-refractivity contribution in [3.8, 4) is 0 Å². The van der Waals surface area contributed by atoms with E-state index < -0.39 is 0 Å². The minimum atomic E-state index is -0.0307. The lowest BCUT2D eigenvalue weighted by Gasteiger charge is -2.12. The zero-order valence-corrected chi connectivity index (χ0v) is 12.0. The minimum absolute atomic E-state index is 0.0307. The summed E-state index contributed by atoms with van der Waals surface area (Å²) in [5, 5.41) is 5.93. The lowest BCUT2D eigenvalue weighted by molar-refractivity contribution is 0.237. The quantitative estimate of drug-likeness (QED) is 0.880. The van der Waals surface area contributed by atoms with Crippen molar-refractivity contribution in [2.75, 3.05) is 6.54 Å². The first-order valence-electron chi connectivity index (χ1n) is 6.53. The van der Waals surface area contributed by atoms with Crippen molar-refractivity contribution in [2.24, 2.45) is 0 Å². The summed E-state index contributed by atoms with van der Waals surface area (Å²) in [7, 11) is 0. The van der Waals surface area contributed by atoms with Crippen LogP contribution in [0, 0.1) is 0 Å². The maximum absolute atomic E-state index is 11.6. The Morgan fingerprint density at radius 2 is 2.11 bits per heavy atom. The van der Waals surface area contributed by atoms with Crippen LogP contribution in [-0.4, -0.2) is 18.6 Å². The van der Waals surface area contributed by atoms with E-state index in [1.807, 2.05) is 12.1 Å². The molecule has 0 heterocycles. The second kappa shape index (κ2) is 6.78. The lowest BCUT2D eigenvalue weighted by Crippen LogP contribution is -2.41. The van der Waals surface area contributed by atoms with Gasteiger partial charge in [-0.3, -0.25) is 0 Å². The highest BCUT2D eigenvalue weighted by atomic mass is 79.9. The van der Waals surface area contributed by atoms with Crippen LogP contribution in [0.3, 0.4) is 0 Å². The number of rotatable bonds is 4. The molecule has 4 heteroatoms. The van der Waals surface area contributed by atoms with Gasteiger partial charge in [0.2, 0.25) is 0 Å². The molecule has 0 saturated heterocycles. The summed E-state index contributed by atoms with van der Waals surface area (Å²) in [6.07, 6.45) is 5.58. The number of carbonyl (C=O) groups excluding carboxylic acids is 1. The molecule has 0 aliphatic heterocycles. The van der Waals surface area contributed by atoms with Crippen molar-refractivity contribution in [1.82, 2.24) is 10.6 Å². The number of hydrogen-bond donors (Lipinski definition) is 2. The van der Waals surface area contributed by atoms with E-state index in [1.165, 1.54) is 18.4 Å². The molecule has 0 bridgehead atoms. The molecule has 2 N–H and O–H groups in total. The van der Waals surface area contributed by atoms with Gasteiger partial charge in [-0.05, 0) is 37.0 Å². The van der Waals surface area contributed by atoms with Gasteiger partial charge < -0.3 is 10.6 Å². The minimum Gasteiger partial charge on any atom is -0.338 e. The Balaban J connectivity index is 1.66. The van der Waals surface area contributed by atoms with Crippen LogP contribution in [0.25, 0.3) is 0 Å². The summed E-state index contributed by atoms with van der Waals surface area (Å²) in [4.78, 5) is 11.6. The Morgan fingerprint density at radius 3 is 2.83 bits per heavy atom. The smallest absolute Gasteiger partial charge is 0.315 e. The van der Waals surface area contributed by atoms with E-state index in [-0.39, 0.29) is 6.03 Å². The fourth-order valence-electron chi connectivity index (χ4n) is 2.32. The van der Waals surface area contributed by atoms with Crippen molar-refractivity contribution >= 4 is 22.0 Å². The first-order chi connectivity index (χ1) is 8.74. The second-order valence-electron chi connectivity index (χ2n) is 4.76. The number of urea groups is 1. The summed E-state index contributed by atoms with van der Waals surface area (Å²) in [5.41, 5.74) is 1.23. The summed E-state index contributed by atoms with van der Waals surface area (Å²) >= 11 is 3.44. The Labute approximate surface area is 116 Å². The summed E-state index contributed by atoms with van der Waals surface area (Å²) in [5.74, 6) is 0. The molecule has 1 aromatic carbocycles. The normalized spacial score (nSPS) is 15.6. The van der Waals surface area contributed by atoms with Crippen LogP contribution in [0.15, 0.2) is 28.7 Å². The van der Waals surface area contributed by atoms with Crippen LogP contribution >= 0.6 is 15.9 Å². The van der Waals surface area contributed by atoms with Crippen molar-refractivity contribution in [3.05, 3.63) is 34.3 Å². The molecule has 2 rings (SSSR count). The zero-order chi connectivity index (χ0) is 12.8. The van der Waals surface area contributed by atoms with Crippen LogP contribution in [-0.2, 0) is 6.42 Å². The SMILES string of the molecule is O=C(NCCc1cccc(Br)c1)NC1CCCC1. The lowest BCUT2D eigenvalue weighted by atomic mass is 10.1. The molecule has 0 radical (unpaired) electrons. The molecule has 1 aromatic rings. The summed E-state index contributed by atoms with van der Waals surface area (Å²) < 4.78 is 1.08. The van der Waals surface area contributed by atoms with Crippen LogP contribution < -0.4 is 10.6 Å². The van der Waals surface area contributed by atoms with Crippen molar-refractivity contribution < 1.29 is 4.79 Å². The van der Waals surface area contributed by atoms with Gasteiger partial charge in [0.05, 0.1) is 0 Å². The predicted molar refractivity (Wildman–Crippen MR) is 76.6 cm³/mol. The van der Waals surface area contributed by atoms with Gasteiger partial charge in [0, 0.05) is 17.1 Å². The molecule has 3 nitrogen and oxygen atoms in total. The standard InChI is InChI=1S/C14H19BrN2O/c15-12-5-3-4-11(10-12)8-9-16-14(18)17-13-6-1-2-7-13/h3-5,10,13H,1-2,6-9H2,(H2,16,17,18). The van der Waals surface area contributed by atoms with Crippen LogP contribution in [0.5, 0.6) is 0 Å². The maximum Gasteiger partial charge on any atom is 0.315 e. The van der Waals surface area contributed by atoms with Crippen LogP contribution in [0.4, 0.5) is 4.79 Å². The molecule has 2 amide bonds. The fourth-order valence-corrected chi connectivity index (χ4v) is 2.77. The van der Waals surface area contributed by atoms with Crippen molar-refractivity contribution in [3.63, 3.8) is 0 Å². The van der Waals surface area contributed by atoms with E-state index in [0.717, 1.165) is 23.7 Å². The van der Waals surface area contributed by atoms with E-state index in [0.29, 0.717) is 12.6 Å². The molecule has 1 saturated carbocycles. The third-order valence-corrected chi connectivity index (χ3v) is 3.77. The van der Waals surface area contributed by atoms with E-state index in [1.54, 1.807) is 0 Å². The third-order valence-electron chi connectivity index (χ3n) is 3.28. The number of carbonyl (C=O) groups is 1. The molecule has 1 aliphatic carbocycles. The van der Waals surface area contributed by atoms with Gasteiger partial charge in [-0.15, -0.1) is 0 Å². The van der Waals surface area contributed by atoms with Crippen molar-refractivity contribution in [1.29, 1.82) is 0 Å². The number of halogens is 1. The average Bonchev–Trinajstić information content (AvgIpc) is 2.82. The molecule has 0 atom stereocenters.